The van der Waals surface area contributed by atoms with Crippen molar-refractivity contribution < 1.29 is 9.59 Å². The van der Waals surface area contributed by atoms with Gasteiger partial charge in [0.25, 0.3) is 0 Å². The van der Waals surface area contributed by atoms with Crippen LogP contribution in [0.25, 0.3) is 0 Å². The Labute approximate surface area is 114 Å². The van der Waals surface area contributed by atoms with E-state index >= 15 is 0 Å². The maximum Gasteiger partial charge on any atom is 0.220 e. The van der Waals surface area contributed by atoms with Gasteiger partial charge < -0.3 is 4.90 Å². The summed E-state index contributed by atoms with van der Waals surface area (Å²) in [5.74, 6) is 0.0981. The molecule has 2 rings (SSSR count). The smallest absolute Gasteiger partial charge is 0.220 e. The Morgan fingerprint density at radius 2 is 1.74 bits per heavy atom. The number of aryl methyl sites for hydroxylation is 3. The van der Waals surface area contributed by atoms with Crippen LogP contribution in [-0.4, -0.2) is 29.2 Å². The maximum absolute atomic E-state index is 12.7. The second kappa shape index (κ2) is 5.16. The van der Waals surface area contributed by atoms with Crippen LogP contribution in [0.2, 0.25) is 0 Å². The van der Waals surface area contributed by atoms with E-state index in [-0.39, 0.29) is 17.7 Å². The second-order valence-corrected chi connectivity index (χ2v) is 5.51. The van der Waals surface area contributed by atoms with Crippen molar-refractivity contribution >= 4 is 11.7 Å². The fraction of sp³-hybridized carbons (Fsp3) is 0.500. The van der Waals surface area contributed by atoms with Gasteiger partial charge in [0.15, 0.2) is 5.78 Å². The lowest BCUT2D eigenvalue weighted by molar-refractivity contribution is -0.128. The first-order chi connectivity index (χ1) is 8.91. The van der Waals surface area contributed by atoms with Gasteiger partial charge in [-0.2, -0.15) is 0 Å². The summed E-state index contributed by atoms with van der Waals surface area (Å²) in [5, 5.41) is 0. The highest BCUT2D eigenvalue weighted by Crippen LogP contribution is 2.25. The fourth-order valence-corrected chi connectivity index (χ4v) is 3.15. The molecular formula is C16H21NO2. The molecular weight excluding hydrogens is 238 g/mol. The van der Waals surface area contributed by atoms with E-state index in [1.165, 1.54) is 5.56 Å². The number of hydrogen-bond acceptors (Lipinski definition) is 2. The quantitative estimate of drug-likeness (QED) is 0.766. The van der Waals surface area contributed by atoms with E-state index in [2.05, 4.69) is 0 Å². The lowest BCUT2D eigenvalue weighted by atomic mass is 9.92. The molecule has 1 amide bonds. The minimum atomic E-state index is -0.266. The molecule has 1 unspecified atom stereocenters. The minimum Gasteiger partial charge on any atom is -0.333 e. The molecule has 1 aliphatic heterocycles. The lowest BCUT2D eigenvalue weighted by Gasteiger charge is -2.23. The van der Waals surface area contributed by atoms with Crippen molar-refractivity contribution in [3.05, 3.63) is 34.4 Å². The molecule has 1 fully saturated rings. The van der Waals surface area contributed by atoms with Gasteiger partial charge in [-0.3, -0.25) is 9.59 Å². The molecule has 3 nitrogen and oxygen atoms in total. The average Bonchev–Trinajstić information content (AvgIpc) is 2.75. The van der Waals surface area contributed by atoms with Crippen LogP contribution >= 0.6 is 0 Å². The first-order valence-corrected chi connectivity index (χ1v) is 6.81. The number of likely N-dealkylation sites (tertiary alicyclic amines) is 1. The van der Waals surface area contributed by atoms with E-state index in [0.29, 0.717) is 6.54 Å². The number of hydrogen-bond donors (Lipinski definition) is 0. The molecule has 0 bridgehead atoms. The largest absolute Gasteiger partial charge is 0.333 e. The Balaban J connectivity index is 2.37. The zero-order valence-electron chi connectivity index (χ0n) is 12.1. The standard InChI is InChI=1S/C16H21NO2/c1-10-8-11(2)15(12(3)9-10)16(19)14-6-5-7-17(14)13(4)18/h8-9,14H,5-7H2,1-4H3. The van der Waals surface area contributed by atoms with Crippen LogP contribution in [0.15, 0.2) is 12.1 Å². The summed E-state index contributed by atoms with van der Waals surface area (Å²) in [6.07, 6.45) is 1.70. The van der Waals surface area contributed by atoms with E-state index < -0.39 is 0 Å². The zero-order chi connectivity index (χ0) is 14.2. The second-order valence-electron chi connectivity index (χ2n) is 5.51. The number of amides is 1. The molecule has 0 spiro atoms. The molecule has 1 heterocycles. The van der Waals surface area contributed by atoms with Crippen molar-refractivity contribution in [3.63, 3.8) is 0 Å². The topological polar surface area (TPSA) is 37.4 Å². The highest BCUT2D eigenvalue weighted by Gasteiger charge is 2.33. The summed E-state index contributed by atoms with van der Waals surface area (Å²) < 4.78 is 0. The summed E-state index contributed by atoms with van der Waals surface area (Å²) in [6, 6.07) is 3.80. The Hall–Kier alpha value is -1.64. The molecule has 0 N–H and O–H groups in total. The molecule has 0 saturated carbocycles. The summed E-state index contributed by atoms with van der Waals surface area (Å²) in [6.45, 7) is 8.22. The van der Waals surface area contributed by atoms with Gasteiger partial charge in [0.1, 0.15) is 0 Å². The van der Waals surface area contributed by atoms with Crippen molar-refractivity contribution in [2.24, 2.45) is 0 Å². The van der Waals surface area contributed by atoms with Crippen LogP contribution in [0.4, 0.5) is 0 Å². The first kappa shape index (κ1) is 13.8. The van der Waals surface area contributed by atoms with Crippen LogP contribution in [0.1, 0.15) is 46.8 Å². The van der Waals surface area contributed by atoms with Gasteiger partial charge in [0.2, 0.25) is 5.91 Å². The molecule has 1 aromatic rings. The van der Waals surface area contributed by atoms with E-state index in [9.17, 15) is 9.59 Å². The molecule has 3 heteroatoms. The highest BCUT2D eigenvalue weighted by molar-refractivity contribution is 6.04. The van der Waals surface area contributed by atoms with Crippen LogP contribution < -0.4 is 0 Å². The molecule has 1 aliphatic rings. The number of ketones is 1. The Kier molecular flexibility index (Phi) is 3.74. The van der Waals surface area contributed by atoms with Crippen LogP contribution in [-0.2, 0) is 4.79 Å². The number of Topliss-reactive ketones (excluding diaryl/α,β-unsaturated/α-hetero) is 1. The Morgan fingerprint density at radius 3 is 2.26 bits per heavy atom. The third-order valence-electron chi connectivity index (χ3n) is 3.88. The number of nitrogens with zero attached hydrogens (tertiary/aromatic N) is 1. The van der Waals surface area contributed by atoms with Gasteiger partial charge in [0, 0.05) is 19.0 Å². The lowest BCUT2D eigenvalue weighted by Crippen LogP contribution is -2.39. The maximum atomic E-state index is 12.7. The van der Waals surface area contributed by atoms with Gasteiger partial charge in [-0.15, -0.1) is 0 Å². The van der Waals surface area contributed by atoms with E-state index in [0.717, 1.165) is 29.5 Å². The highest BCUT2D eigenvalue weighted by atomic mass is 16.2. The van der Waals surface area contributed by atoms with Crippen LogP contribution in [0.3, 0.4) is 0 Å². The summed E-state index contributed by atoms with van der Waals surface area (Å²) in [5.41, 5.74) is 3.99. The third-order valence-corrected chi connectivity index (χ3v) is 3.88. The van der Waals surface area contributed by atoms with Gasteiger partial charge in [-0.05, 0) is 44.7 Å². The van der Waals surface area contributed by atoms with Crippen molar-refractivity contribution in [1.82, 2.24) is 4.90 Å². The fourth-order valence-electron chi connectivity index (χ4n) is 3.15. The summed E-state index contributed by atoms with van der Waals surface area (Å²) in [7, 11) is 0. The van der Waals surface area contributed by atoms with Crippen molar-refractivity contribution in [2.45, 2.75) is 46.6 Å². The van der Waals surface area contributed by atoms with Gasteiger partial charge in [-0.1, -0.05) is 17.7 Å². The normalized spacial score (nSPS) is 18.7. The summed E-state index contributed by atoms with van der Waals surface area (Å²) in [4.78, 5) is 26.0. The first-order valence-electron chi connectivity index (χ1n) is 6.81. The monoisotopic (exact) mass is 259 g/mol. The minimum absolute atomic E-state index is 0.00160. The molecule has 1 atom stereocenters. The predicted octanol–water partition coefficient (Wildman–Crippen LogP) is 2.81. The van der Waals surface area contributed by atoms with E-state index in [1.54, 1.807) is 11.8 Å². The molecule has 1 saturated heterocycles. The van der Waals surface area contributed by atoms with Gasteiger partial charge in [0.05, 0.1) is 6.04 Å². The Morgan fingerprint density at radius 1 is 1.16 bits per heavy atom. The SMILES string of the molecule is CC(=O)N1CCCC1C(=O)c1c(C)cc(C)cc1C. The number of rotatable bonds is 2. The average molecular weight is 259 g/mol. The molecule has 0 radical (unpaired) electrons. The molecule has 1 aromatic carbocycles. The van der Waals surface area contributed by atoms with Crippen molar-refractivity contribution in [1.29, 1.82) is 0 Å². The number of benzene rings is 1. The molecule has 0 aromatic heterocycles. The van der Waals surface area contributed by atoms with Crippen molar-refractivity contribution in [2.75, 3.05) is 6.54 Å². The van der Waals surface area contributed by atoms with Gasteiger partial charge in [-0.25, -0.2) is 0 Å². The third kappa shape index (κ3) is 2.55. The van der Waals surface area contributed by atoms with Crippen LogP contribution in [0.5, 0.6) is 0 Å². The van der Waals surface area contributed by atoms with Crippen molar-refractivity contribution in [3.8, 4) is 0 Å². The zero-order valence-corrected chi connectivity index (χ0v) is 12.1. The molecule has 19 heavy (non-hydrogen) atoms. The summed E-state index contributed by atoms with van der Waals surface area (Å²) >= 11 is 0. The predicted molar refractivity (Wildman–Crippen MR) is 75.4 cm³/mol. The molecule has 0 aliphatic carbocycles. The number of carbonyl (C=O) groups is 2. The van der Waals surface area contributed by atoms with Crippen LogP contribution in [0, 0.1) is 20.8 Å². The van der Waals surface area contributed by atoms with E-state index in [4.69, 9.17) is 0 Å². The molecule has 102 valence electrons. The Bertz CT molecular complexity index is 511. The van der Waals surface area contributed by atoms with E-state index in [1.807, 2.05) is 32.9 Å². The number of carbonyl (C=O) groups excluding carboxylic acids is 2. The van der Waals surface area contributed by atoms with Gasteiger partial charge >= 0.3 is 0 Å².